The third kappa shape index (κ3) is 3.53. The largest absolute Gasteiger partial charge is 0.399 e. The molecule has 0 spiro atoms. The van der Waals surface area contributed by atoms with E-state index in [0.29, 0.717) is 16.6 Å². The summed E-state index contributed by atoms with van der Waals surface area (Å²) in [5.74, 6) is 0. The SMILES string of the molecule is CSC1CCCCC1Nc1ccc(N)cc1C(F)F. The Kier molecular flexibility index (Phi) is 4.91. The minimum absolute atomic E-state index is 0.00502. The molecule has 5 heteroatoms. The van der Waals surface area contributed by atoms with Gasteiger partial charge in [-0.2, -0.15) is 11.8 Å². The maximum atomic E-state index is 13.0. The Morgan fingerprint density at radius 1 is 1.32 bits per heavy atom. The predicted molar refractivity (Wildman–Crippen MR) is 79.0 cm³/mol. The van der Waals surface area contributed by atoms with Gasteiger partial charge in [0, 0.05) is 28.2 Å². The second-order valence-corrected chi connectivity index (χ2v) is 6.03. The maximum Gasteiger partial charge on any atom is 0.265 e. The molecule has 1 aromatic carbocycles. The van der Waals surface area contributed by atoms with Crippen molar-refractivity contribution in [2.75, 3.05) is 17.3 Å². The van der Waals surface area contributed by atoms with Crippen LogP contribution >= 0.6 is 11.8 Å². The normalized spacial score (nSPS) is 23.6. The highest BCUT2D eigenvalue weighted by atomic mass is 32.2. The first-order chi connectivity index (χ1) is 9.11. The van der Waals surface area contributed by atoms with Gasteiger partial charge in [0.25, 0.3) is 6.43 Å². The van der Waals surface area contributed by atoms with Crippen molar-refractivity contribution in [1.82, 2.24) is 0 Å². The van der Waals surface area contributed by atoms with Crippen LogP contribution in [0.2, 0.25) is 0 Å². The molecule has 1 aliphatic carbocycles. The average molecular weight is 286 g/mol. The van der Waals surface area contributed by atoms with Crippen LogP contribution in [0.25, 0.3) is 0 Å². The van der Waals surface area contributed by atoms with E-state index in [0.717, 1.165) is 19.3 Å². The van der Waals surface area contributed by atoms with Crippen LogP contribution in [0, 0.1) is 0 Å². The van der Waals surface area contributed by atoms with Crippen LogP contribution in [0.1, 0.15) is 37.7 Å². The first kappa shape index (κ1) is 14.4. The van der Waals surface area contributed by atoms with Crippen LogP contribution in [0.5, 0.6) is 0 Å². The Balaban J connectivity index is 2.17. The Labute approximate surface area is 117 Å². The predicted octanol–water partition coefficient (Wildman–Crippen LogP) is 4.29. The maximum absolute atomic E-state index is 13.0. The van der Waals surface area contributed by atoms with Crippen LogP contribution in [0.15, 0.2) is 18.2 Å². The quantitative estimate of drug-likeness (QED) is 0.811. The van der Waals surface area contributed by atoms with E-state index in [4.69, 9.17) is 5.73 Å². The molecule has 2 nitrogen and oxygen atoms in total. The molecular weight excluding hydrogens is 266 g/mol. The summed E-state index contributed by atoms with van der Waals surface area (Å²) < 4.78 is 26.1. The number of rotatable bonds is 4. The lowest BCUT2D eigenvalue weighted by atomic mass is 9.94. The molecule has 0 heterocycles. The average Bonchev–Trinajstić information content (AvgIpc) is 2.41. The molecule has 1 saturated carbocycles. The van der Waals surface area contributed by atoms with Gasteiger partial charge in [-0.3, -0.25) is 0 Å². The lowest BCUT2D eigenvalue weighted by Crippen LogP contribution is -2.34. The summed E-state index contributed by atoms with van der Waals surface area (Å²) in [5.41, 5.74) is 6.50. The van der Waals surface area contributed by atoms with E-state index in [1.807, 2.05) is 11.8 Å². The van der Waals surface area contributed by atoms with Gasteiger partial charge in [0.05, 0.1) is 0 Å². The van der Waals surface area contributed by atoms with Gasteiger partial charge in [-0.05, 0) is 37.3 Å². The topological polar surface area (TPSA) is 38.0 Å². The Hall–Kier alpha value is -0.970. The number of halogens is 2. The molecule has 106 valence electrons. The molecule has 0 bridgehead atoms. The van der Waals surface area contributed by atoms with Crippen molar-refractivity contribution in [3.8, 4) is 0 Å². The highest BCUT2D eigenvalue weighted by Crippen LogP contribution is 2.33. The molecule has 2 unspecified atom stereocenters. The number of anilines is 2. The summed E-state index contributed by atoms with van der Waals surface area (Å²) in [7, 11) is 0. The van der Waals surface area contributed by atoms with Gasteiger partial charge in [0.15, 0.2) is 0 Å². The summed E-state index contributed by atoms with van der Waals surface area (Å²) in [6.07, 6.45) is 4.17. The number of nitrogens with one attached hydrogen (secondary N) is 1. The first-order valence-corrected chi connectivity index (χ1v) is 7.87. The second kappa shape index (κ2) is 6.46. The van der Waals surface area contributed by atoms with E-state index in [-0.39, 0.29) is 11.6 Å². The highest BCUT2D eigenvalue weighted by Gasteiger charge is 2.25. The van der Waals surface area contributed by atoms with Gasteiger partial charge in [-0.1, -0.05) is 12.8 Å². The van der Waals surface area contributed by atoms with Gasteiger partial charge < -0.3 is 11.1 Å². The summed E-state index contributed by atoms with van der Waals surface area (Å²) >= 11 is 1.82. The number of thioether (sulfide) groups is 1. The molecule has 1 aromatic rings. The third-order valence-electron chi connectivity index (χ3n) is 3.66. The Morgan fingerprint density at radius 3 is 2.74 bits per heavy atom. The van der Waals surface area contributed by atoms with E-state index < -0.39 is 6.43 Å². The molecular formula is C14H20F2N2S. The lowest BCUT2D eigenvalue weighted by molar-refractivity contribution is 0.152. The van der Waals surface area contributed by atoms with Crippen LogP contribution < -0.4 is 11.1 Å². The summed E-state index contributed by atoms with van der Waals surface area (Å²) in [4.78, 5) is 0. The first-order valence-electron chi connectivity index (χ1n) is 6.58. The van der Waals surface area contributed by atoms with Gasteiger partial charge in [0.2, 0.25) is 0 Å². The molecule has 0 radical (unpaired) electrons. The van der Waals surface area contributed by atoms with Crippen LogP contribution in [0.4, 0.5) is 20.2 Å². The van der Waals surface area contributed by atoms with Crippen molar-refractivity contribution in [2.24, 2.45) is 0 Å². The fourth-order valence-corrected chi connectivity index (χ4v) is 3.57. The fraction of sp³-hybridized carbons (Fsp3) is 0.571. The smallest absolute Gasteiger partial charge is 0.265 e. The van der Waals surface area contributed by atoms with E-state index in [2.05, 4.69) is 11.6 Å². The monoisotopic (exact) mass is 286 g/mol. The number of benzene rings is 1. The van der Waals surface area contributed by atoms with Crippen molar-refractivity contribution in [2.45, 2.75) is 43.4 Å². The fourth-order valence-electron chi connectivity index (χ4n) is 2.64. The minimum Gasteiger partial charge on any atom is -0.399 e. The number of alkyl halides is 2. The number of hydrogen-bond donors (Lipinski definition) is 2. The highest BCUT2D eigenvalue weighted by molar-refractivity contribution is 7.99. The van der Waals surface area contributed by atoms with Gasteiger partial charge in [-0.25, -0.2) is 8.78 Å². The molecule has 19 heavy (non-hydrogen) atoms. The van der Waals surface area contributed by atoms with Crippen LogP contribution in [-0.4, -0.2) is 17.5 Å². The van der Waals surface area contributed by atoms with Crippen molar-refractivity contribution in [3.63, 3.8) is 0 Å². The van der Waals surface area contributed by atoms with Gasteiger partial charge in [0.1, 0.15) is 0 Å². The van der Waals surface area contributed by atoms with E-state index in [1.165, 1.54) is 12.5 Å². The summed E-state index contributed by atoms with van der Waals surface area (Å²) in [5, 5.41) is 3.80. The van der Waals surface area contributed by atoms with Gasteiger partial charge in [-0.15, -0.1) is 0 Å². The number of nitrogen functional groups attached to an aromatic ring is 1. The van der Waals surface area contributed by atoms with E-state index >= 15 is 0 Å². The molecule has 1 fully saturated rings. The lowest BCUT2D eigenvalue weighted by Gasteiger charge is -2.32. The van der Waals surface area contributed by atoms with Crippen LogP contribution in [-0.2, 0) is 0 Å². The second-order valence-electron chi connectivity index (χ2n) is 4.96. The summed E-state index contributed by atoms with van der Waals surface area (Å²) in [6, 6.07) is 4.97. The molecule has 0 aliphatic heterocycles. The van der Waals surface area contributed by atoms with E-state index in [1.54, 1.807) is 12.1 Å². The molecule has 0 amide bonds. The summed E-state index contributed by atoms with van der Waals surface area (Å²) in [6.45, 7) is 0. The Bertz CT molecular complexity index is 426. The zero-order valence-electron chi connectivity index (χ0n) is 11.0. The zero-order chi connectivity index (χ0) is 13.8. The standard InChI is InChI=1S/C14H20F2N2S/c1-19-13-5-3-2-4-12(13)18-11-7-6-9(17)8-10(11)14(15)16/h6-8,12-14,18H,2-5,17H2,1H3. The number of nitrogens with two attached hydrogens (primary N) is 1. The molecule has 0 saturated heterocycles. The molecule has 0 aromatic heterocycles. The van der Waals surface area contributed by atoms with Crippen LogP contribution in [0.3, 0.4) is 0 Å². The molecule has 2 rings (SSSR count). The zero-order valence-corrected chi connectivity index (χ0v) is 11.9. The van der Waals surface area contributed by atoms with Gasteiger partial charge >= 0.3 is 0 Å². The van der Waals surface area contributed by atoms with Crippen molar-refractivity contribution < 1.29 is 8.78 Å². The van der Waals surface area contributed by atoms with Crippen molar-refractivity contribution in [1.29, 1.82) is 0 Å². The molecule has 2 atom stereocenters. The Morgan fingerprint density at radius 2 is 2.05 bits per heavy atom. The molecule has 3 N–H and O–H groups in total. The van der Waals surface area contributed by atoms with Crippen molar-refractivity contribution >= 4 is 23.1 Å². The minimum atomic E-state index is -2.50. The third-order valence-corrected chi connectivity index (χ3v) is 4.83. The van der Waals surface area contributed by atoms with E-state index in [9.17, 15) is 8.78 Å². The van der Waals surface area contributed by atoms with Crippen molar-refractivity contribution in [3.05, 3.63) is 23.8 Å². The molecule has 1 aliphatic rings. The number of hydrogen-bond acceptors (Lipinski definition) is 3.